The summed E-state index contributed by atoms with van der Waals surface area (Å²) in [6.07, 6.45) is 3.01. The molecule has 3 saturated heterocycles. The van der Waals surface area contributed by atoms with Crippen molar-refractivity contribution in [1.29, 1.82) is 0 Å². The molecule has 0 bridgehead atoms. The average molecular weight is 496 g/mol. The zero-order valence-electron chi connectivity index (χ0n) is 21.3. The quantitative estimate of drug-likeness (QED) is 0.622. The van der Waals surface area contributed by atoms with Crippen molar-refractivity contribution in [2.45, 2.75) is 101 Å². The van der Waals surface area contributed by atoms with Crippen molar-refractivity contribution < 1.29 is 18.4 Å². The van der Waals surface area contributed by atoms with Crippen LogP contribution in [-0.2, 0) is 9.59 Å². The van der Waals surface area contributed by atoms with Gasteiger partial charge in [-0.3, -0.25) is 19.4 Å². The number of piperazine rings is 1. The maximum Gasteiger partial charge on any atom is 0.237 e. The highest BCUT2D eigenvalue weighted by Crippen LogP contribution is 2.39. The van der Waals surface area contributed by atoms with E-state index in [1.165, 1.54) is 0 Å². The number of nitrogens with zero attached hydrogens (tertiary/aromatic N) is 3. The van der Waals surface area contributed by atoms with Gasteiger partial charge in [0.25, 0.3) is 0 Å². The Labute approximate surface area is 208 Å². The zero-order valence-corrected chi connectivity index (χ0v) is 21.3. The summed E-state index contributed by atoms with van der Waals surface area (Å²) in [5, 5.41) is 6.54. The third-order valence-corrected chi connectivity index (χ3v) is 9.61. The summed E-state index contributed by atoms with van der Waals surface area (Å²) in [6.45, 7) is 9.04. The van der Waals surface area contributed by atoms with Crippen molar-refractivity contribution in [3.8, 4) is 0 Å². The average Bonchev–Trinajstić information content (AvgIpc) is 3.50. The van der Waals surface area contributed by atoms with Crippen molar-refractivity contribution in [2.75, 3.05) is 39.3 Å². The van der Waals surface area contributed by atoms with E-state index in [1.807, 2.05) is 4.90 Å². The number of amides is 2. The minimum absolute atomic E-state index is 0.0707. The van der Waals surface area contributed by atoms with Crippen LogP contribution in [0, 0.1) is 11.8 Å². The lowest BCUT2D eigenvalue weighted by atomic mass is 9.77. The molecule has 5 rings (SSSR count). The topological polar surface area (TPSA) is 67.9 Å². The van der Waals surface area contributed by atoms with Crippen LogP contribution in [0.1, 0.15) is 58.8 Å². The molecule has 0 aromatic heterocycles. The minimum atomic E-state index is -0.911. The molecule has 2 aliphatic carbocycles. The number of carbonyl (C=O) groups is 2. The van der Waals surface area contributed by atoms with Gasteiger partial charge < -0.3 is 15.5 Å². The molecular formula is C26H43F2N5O2. The second-order valence-electron chi connectivity index (χ2n) is 11.9. The highest BCUT2D eigenvalue weighted by atomic mass is 19.1. The first-order chi connectivity index (χ1) is 16.8. The van der Waals surface area contributed by atoms with Crippen molar-refractivity contribution in [1.82, 2.24) is 25.3 Å². The Kier molecular flexibility index (Phi) is 7.66. The Morgan fingerprint density at radius 1 is 0.886 bits per heavy atom. The van der Waals surface area contributed by atoms with Gasteiger partial charge in [-0.2, -0.15) is 0 Å². The zero-order chi connectivity index (χ0) is 24.7. The number of nitrogens with one attached hydrogen (secondary N) is 2. The van der Waals surface area contributed by atoms with Gasteiger partial charge in [0.05, 0.1) is 6.04 Å². The fourth-order valence-corrected chi connectivity index (χ4v) is 7.54. The second-order valence-corrected chi connectivity index (χ2v) is 11.9. The monoisotopic (exact) mass is 495 g/mol. The minimum Gasteiger partial charge on any atom is -0.352 e. The van der Waals surface area contributed by atoms with Crippen LogP contribution in [0.25, 0.3) is 0 Å². The molecule has 9 atom stereocenters. The van der Waals surface area contributed by atoms with Gasteiger partial charge in [-0.25, -0.2) is 8.78 Å². The number of hydrogen-bond acceptors (Lipinski definition) is 5. The van der Waals surface area contributed by atoms with E-state index in [2.05, 4.69) is 27.4 Å². The molecule has 5 aliphatic rings. The van der Waals surface area contributed by atoms with Crippen molar-refractivity contribution in [3.05, 3.63) is 0 Å². The lowest BCUT2D eigenvalue weighted by Gasteiger charge is -2.39. The smallest absolute Gasteiger partial charge is 0.237 e. The Morgan fingerprint density at radius 3 is 2.37 bits per heavy atom. The molecule has 3 heterocycles. The van der Waals surface area contributed by atoms with Crippen LogP contribution in [0.4, 0.5) is 8.78 Å². The molecule has 3 aliphatic heterocycles. The molecular weight excluding hydrogens is 452 g/mol. The maximum atomic E-state index is 14.8. The summed E-state index contributed by atoms with van der Waals surface area (Å²) in [7, 11) is 0. The van der Waals surface area contributed by atoms with Gasteiger partial charge in [0.15, 0.2) is 0 Å². The van der Waals surface area contributed by atoms with E-state index < -0.39 is 12.3 Å². The van der Waals surface area contributed by atoms with Crippen LogP contribution in [0.2, 0.25) is 0 Å². The van der Waals surface area contributed by atoms with Crippen LogP contribution in [0.5, 0.6) is 0 Å². The number of hydrogen-bond donors (Lipinski definition) is 2. The van der Waals surface area contributed by atoms with E-state index in [1.54, 1.807) is 6.92 Å². The summed E-state index contributed by atoms with van der Waals surface area (Å²) < 4.78 is 29.2. The third kappa shape index (κ3) is 5.52. The van der Waals surface area contributed by atoms with Gasteiger partial charge in [-0.1, -0.05) is 6.92 Å². The normalized spacial score (nSPS) is 43.2. The van der Waals surface area contributed by atoms with Crippen molar-refractivity contribution >= 4 is 11.8 Å². The first-order valence-corrected chi connectivity index (χ1v) is 13.9. The van der Waals surface area contributed by atoms with Crippen LogP contribution >= 0.6 is 0 Å². The largest absolute Gasteiger partial charge is 0.352 e. The first-order valence-electron chi connectivity index (χ1n) is 13.9. The number of carbonyl (C=O) groups excluding carboxylic acids is 2. The van der Waals surface area contributed by atoms with Gasteiger partial charge in [0.2, 0.25) is 11.8 Å². The molecule has 7 nitrogen and oxygen atoms in total. The lowest BCUT2D eigenvalue weighted by Crippen LogP contribution is -2.54. The summed E-state index contributed by atoms with van der Waals surface area (Å²) in [4.78, 5) is 31.5. The van der Waals surface area contributed by atoms with Gasteiger partial charge in [0.1, 0.15) is 12.3 Å². The van der Waals surface area contributed by atoms with Gasteiger partial charge in [0, 0.05) is 76.3 Å². The predicted octanol–water partition coefficient (Wildman–Crippen LogP) is 1.71. The summed E-state index contributed by atoms with van der Waals surface area (Å²) in [6, 6.07) is 0.131. The number of rotatable bonds is 4. The van der Waals surface area contributed by atoms with Crippen LogP contribution < -0.4 is 10.6 Å². The highest BCUT2D eigenvalue weighted by molar-refractivity contribution is 5.82. The summed E-state index contributed by atoms with van der Waals surface area (Å²) >= 11 is 0. The van der Waals surface area contributed by atoms with E-state index in [0.717, 1.165) is 58.5 Å². The Hall–Kier alpha value is -1.32. The number of fused-ring (bicyclic) bond motifs is 1. The molecule has 0 spiro atoms. The molecule has 9 unspecified atom stereocenters. The first kappa shape index (κ1) is 25.3. The SMILES string of the molecule is CC(=O)N1CCN(C2CCN(C3CC(F)CC(NC(=O)C4CC5C(F)CCC(C)C5N4)C3)C2)CC1. The molecule has 2 amide bonds. The van der Waals surface area contributed by atoms with E-state index in [-0.39, 0.29) is 41.9 Å². The third-order valence-electron chi connectivity index (χ3n) is 9.61. The summed E-state index contributed by atoms with van der Waals surface area (Å²) in [5.41, 5.74) is 0. The Balaban J connectivity index is 1.12. The lowest BCUT2D eigenvalue weighted by molar-refractivity contribution is -0.130. The van der Waals surface area contributed by atoms with Crippen LogP contribution in [0.15, 0.2) is 0 Å². The standard InChI is InChI=1S/C26H43F2N5O2/c1-16-3-4-23(28)22-14-24(30-25(16)22)26(35)29-19-11-18(27)12-21(13-19)33-6-5-20(15-33)32-9-7-31(8-10-32)17(2)34/h16,18-25,30H,3-15H2,1-2H3,(H,29,35). The fraction of sp³-hybridized carbons (Fsp3) is 0.923. The molecule has 198 valence electrons. The van der Waals surface area contributed by atoms with Crippen molar-refractivity contribution in [2.24, 2.45) is 11.8 Å². The molecule has 0 aromatic carbocycles. The number of likely N-dealkylation sites (tertiary alicyclic amines) is 1. The molecule has 5 fully saturated rings. The number of alkyl halides is 2. The van der Waals surface area contributed by atoms with E-state index in [0.29, 0.717) is 37.6 Å². The molecule has 0 radical (unpaired) electrons. The molecule has 2 saturated carbocycles. The van der Waals surface area contributed by atoms with E-state index in [4.69, 9.17) is 0 Å². The molecule has 35 heavy (non-hydrogen) atoms. The van der Waals surface area contributed by atoms with Crippen LogP contribution in [0.3, 0.4) is 0 Å². The van der Waals surface area contributed by atoms with Gasteiger partial charge in [-0.05, 0) is 50.9 Å². The second kappa shape index (κ2) is 10.6. The molecule has 2 N–H and O–H groups in total. The fourth-order valence-electron chi connectivity index (χ4n) is 7.54. The van der Waals surface area contributed by atoms with Crippen molar-refractivity contribution in [3.63, 3.8) is 0 Å². The van der Waals surface area contributed by atoms with E-state index >= 15 is 0 Å². The summed E-state index contributed by atoms with van der Waals surface area (Å²) in [5.74, 6) is 0.362. The van der Waals surface area contributed by atoms with Gasteiger partial charge in [-0.15, -0.1) is 0 Å². The highest BCUT2D eigenvalue weighted by Gasteiger charge is 2.47. The number of halogens is 2. The Morgan fingerprint density at radius 2 is 1.66 bits per heavy atom. The molecule has 0 aromatic rings. The molecule has 9 heteroatoms. The van der Waals surface area contributed by atoms with Crippen LogP contribution in [-0.4, -0.2) is 108 Å². The Bertz CT molecular complexity index is 761. The van der Waals surface area contributed by atoms with Gasteiger partial charge >= 0.3 is 0 Å². The predicted molar refractivity (Wildman–Crippen MR) is 130 cm³/mol. The van der Waals surface area contributed by atoms with E-state index in [9.17, 15) is 18.4 Å². The maximum absolute atomic E-state index is 14.8.